The van der Waals surface area contributed by atoms with Gasteiger partial charge >= 0.3 is 5.97 Å². The lowest BCUT2D eigenvalue weighted by molar-refractivity contribution is -0.190. The Morgan fingerprint density at radius 3 is 2.34 bits per heavy atom. The minimum atomic E-state index is -1.06. The van der Waals surface area contributed by atoms with Crippen molar-refractivity contribution in [1.82, 2.24) is 0 Å². The van der Waals surface area contributed by atoms with Gasteiger partial charge < -0.3 is 9.84 Å². The maximum Gasteiger partial charge on any atom is 0.303 e. The second-order valence-corrected chi connectivity index (χ2v) is 10.8. The molecule has 0 saturated heterocycles. The molecule has 0 aromatic heterocycles. The van der Waals surface area contributed by atoms with Crippen molar-refractivity contribution in [3.8, 4) is 0 Å². The van der Waals surface area contributed by atoms with E-state index in [2.05, 4.69) is 13.8 Å². The number of ether oxygens (including phenoxy) is 1. The molecule has 29 heavy (non-hydrogen) atoms. The molecule has 4 aliphatic rings. The molecule has 3 saturated carbocycles. The monoisotopic (exact) mass is 402 g/mol. The minimum absolute atomic E-state index is 0.0613. The van der Waals surface area contributed by atoms with Crippen LogP contribution in [0.5, 0.6) is 0 Å². The molecule has 0 aromatic rings. The highest BCUT2D eigenvalue weighted by molar-refractivity contribution is 5.92. The number of aliphatic hydroxyl groups is 1. The molecule has 0 aromatic carbocycles. The van der Waals surface area contributed by atoms with Gasteiger partial charge in [0.15, 0.2) is 17.2 Å². The molecule has 0 unspecified atom stereocenters. The van der Waals surface area contributed by atoms with Crippen LogP contribution < -0.4 is 0 Å². The number of ketones is 2. The van der Waals surface area contributed by atoms with Gasteiger partial charge in [-0.1, -0.05) is 13.8 Å². The van der Waals surface area contributed by atoms with E-state index in [4.69, 9.17) is 4.74 Å². The second-order valence-electron chi connectivity index (χ2n) is 10.8. The summed E-state index contributed by atoms with van der Waals surface area (Å²) in [4.78, 5) is 36.9. The molecule has 0 aliphatic heterocycles. The molecule has 0 heterocycles. The van der Waals surface area contributed by atoms with Crippen molar-refractivity contribution in [2.75, 3.05) is 0 Å². The summed E-state index contributed by atoms with van der Waals surface area (Å²) in [6.07, 6.45) is 6.76. The molecule has 0 spiro atoms. The van der Waals surface area contributed by atoms with Crippen LogP contribution in [-0.2, 0) is 19.1 Å². The molecule has 7 atom stereocenters. The van der Waals surface area contributed by atoms with Crippen molar-refractivity contribution in [1.29, 1.82) is 0 Å². The fourth-order valence-electron chi connectivity index (χ4n) is 8.06. The minimum Gasteiger partial charge on any atom is -0.451 e. The van der Waals surface area contributed by atoms with Crippen molar-refractivity contribution < 1.29 is 24.2 Å². The number of rotatable bonds is 2. The number of esters is 1. The van der Waals surface area contributed by atoms with Gasteiger partial charge in [-0.15, -0.1) is 0 Å². The van der Waals surface area contributed by atoms with Gasteiger partial charge in [0, 0.05) is 18.8 Å². The Morgan fingerprint density at radius 1 is 1.07 bits per heavy atom. The summed E-state index contributed by atoms with van der Waals surface area (Å²) < 4.78 is 5.80. The number of hydrogen-bond donors (Lipinski definition) is 1. The van der Waals surface area contributed by atoms with E-state index in [1.54, 1.807) is 13.0 Å². The number of carbonyl (C=O) groups is 3. The first-order valence-corrected chi connectivity index (χ1v) is 11.1. The normalized spacial score (nSPS) is 48.8. The van der Waals surface area contributed by atoms with Crippen molar-refractivity contribution in [2.24, 2.45) is 28.6 Å². The maximum absolute atomic E-state index is 12.8. The summed E-state index contributed by atoms with van der Waals surface area (Å²) in [5, 5.41) is 11.4. The summed E-state index contributed by atoms with van der Waals surface area (Å²) in [6, 6.07) is 0. The lowest BCUT2D eigenvalue weighted by Gasteiger charge is -2.62. The van der Waals surface area contributed by atoms with E-state index in [1.165, 1.54) is 6.92 Å². The first-order chi connectivity index (χ1) is 13.4. The second kappa shape index (κ2) is 6.26. The van der Waals surface area contributed by atoms with Gasteiger partial charge in [0.25, 0.3) is 0 Å². The molecule has 4 rings (SSSR count). The number of Topliss-reactive ketones (excluding diaryl/α,β-unsaturated/α-hetero) is 1. The van der Waals surface area contributed by atoms with E-state index in [0.29, 0.717) is 25.2 Å². The first-order valence-electron chi connectivity index (χ1n) is 11.1. The predicted molar refractivity (Wildman–Crippen MR) is 108 cm³/mol. The van der Waals surface area contributed by atoms with Crippen LogP contribution in [0.15, 0.2) is 11.6 Å². The summed E-state index contributed by atoms with van der Waals surface area (Å²) >= 11 is 0. The third-order valence-corrected chi connectivity index (χ3v) is 9.29. The average Bonchev–Trinajstić information content (AvgIpc) is 2.90. The van der Waals surface area contributed by atoms with Crippen molar-refractivity contribution >= 4 is 17.5 Å². The van der Waals surface area contributed by atoms with Crippen LogP contribution in [0.2, 0.25) is 0 Å². The molecular formula is C24H34O5. The quantitative estimate of drug-likeness (QED) is 0.711. The van der Waals surface area contributed by atoms with Gasteiger partial charge in [0.2, 0.25) is 0 Å². The predicted octanol–water partition coefficient (Wildman–Crippen LogP) is 3.77. The fourth-order valence-corrected chi connectivity index (χ4v) is 8.06. The molecule has 3 fully saturated rings. The molecular weight excluding hydrogens is 368 g/mol. The Balaban J connectivity index is 1.77. The first kappa shape index (κ1) is 20.8. The van der Waals surface area contributed by atoms with Crippen molar-refractivity contribution in [2.45, 2.75) is 90.8 Å². The van der Waals surface area contributed by atoms with Crippen LogP contribution in [0.4, 0.5) is 0 Å². The smallest absolute Gasteiger partial charge is 0.303 e. The average molecular weight is 403 g/mol. The maximum atomic E-state index is 12.8. The lowest BCUT2D eigenvalue weighted by atomic mass is 9.44. The van der Waals surface area contributed by atoms with E-state index in [-0.39, 0.29) is 28.8 Å². The highest BCUT2D eigenvalue weighted by atomic mass is 16.6. The van der Waals surface area contributed by atoms with E-state index in [9.17, 15) is 19.5 Å². The number of carbonyl (C=O) groups excluding carboxylic acids is 3. The van der Waals surface area contributed by atoms with Crippen LogP contribution in [-0.4, -0.2) is 33.8 Å². The Morgan fingerprint density at radius 2 is 1.72 bits per heavy atom. The Kier molecular flexibility index (Phi) is 4.48. The van der Waals surface area contributed by atoms with Crippen LogP contribution in [0, 0.1) is 28.6 Å². The van der Waals surface area contributed by atoms with E-state index in [1.807, 2.05) is 6.92 Å². The topological polar surface area (TPSA) is 80.7 Å². The third kappa shape index (κ3) is 2.65. The summed E-state index contributed by atoms with van der Waals surface area (Å²) in [6.45, 7) is 9.12. The molecule has 1 N–H and O–H groups in total. The van der Waals surface area contributed by atoms with Gasteiger partial charge in [-0.2, -0.15) is 0 Å². The summed E-state index contributed by atoms with van der Waals surface area (Å²) in [5.74, 6) is 0.489. The van der Waals surface area contributed by atoms with Crippen molar-refractivity contribution in [3.63, 3.8) is 0 Å². The Bertz CT molecular complexity index is 810. The van der Waals surface area contributed by atoms with Gasteiger partial charge in [0.05, 0.1) is 5.60 Å². The zero-order valence-corrected chi connectivity index (χ0v) is 18.3. The molecule has 4 aliphatic carbocycles. The third-order valence-electron chi connectivity index (χ3n) is 9.29. The van der Waals surface area contributed by atoms with E-state index < -0.39 is 22.6 Å². The molecule has 0 radical (unpaired) electrons. The largest absolute Gasteiger partial charge is 0.451 e. The van der Waals surface area contributed by atoms with Crippen LogP contribution in [0.3, 0.4) is 0 Å². The SMILES string of the molecule is CC(=O)O[C@@]1(C(C)=O)CC[C@@H]2[C@H]3C[C@@](C)(O)C4=CC(=O)CC[C@]4(C)[C@@H]3CC[C@@]21C. The lowest BCUT2D eigenvalue weighted by Crippen LogP contribution is -2.61. The van der Waals surface area contributed by atoms with Gasteiger partial charge in [-0.3, -0.25) is 14.4 Å². The van der Waals surface area contributed by atoms with Gasteiger partial charge in [-0.25, -0.2) is 0 Å². The zero-order chi connectivity index (χ0) is 21.4. The van der Waals surface area contributed by atoms with Gasteiger partial charge in [-0.05, 0) is 87.2 Å². The highest BCUT2D eigenvalue weighted by Gasteiger charge is 2.69. The van der Waals surface area contributed by atoms with Crippen molar-refractivity contribution in [3.05, 3.63) is 11.6 Å². The zero-order valence-electron chi connectivity index (χ0n) is 18.3. The Hall–Kier alpha value is -1.49. The highest BCUT2D eigenvalue weighted by Crippen LogP contribution is 2.69. The summed E-state index contributed by atoms with van der Waals surface area (Å²) in [7, 11) is 0. The number of fused-ring (bicyclic) bond motifs is 5. The fraction of sp³-hybridized carbons (Fsp3) is 0.792. The molecule has 0 bridgehead atoms. The van der Waals surface area contributed by atoms with E-state index in [0.717, 1.165) is 31.3 Å². The number of hydrogen-bond acceptors (Lipinski definition) is 5. The molecule has 0 amide bonds. The van der Waals surface area contributed by atoms with Crippen LogP contribution >= 0.6 is 0 Å². The molecule has 5 nitrogen and oxygen atoms in total. The standard InChI is InChI=1S/C24H34O5/c1-14(25)24(29-15(2)26)11-8-19-17-13-23(5,28)20-12-16(27)6-9-21(20,3)18(17)7-10-22(19,24)4/h12,17-19,28H,6-11,13H2,1-5H3/t17-,18+,19+,21+,22-,23+,24+/m0/s1. The summed E-state index contributed by atoms with van der Waals surface area (Å²) in [5.41, 5.74) is -1.77. The van der Waals surface area contributed by atoms with Crippen LogP contribution in [0.25, 0.3) is 0 Å². The van der Waals surface area contributed by atoms with E-state index >= 15 is 0 Å². The van der Waals surface area contributed by atoms with Gasteiger partial charge in [0.1, 0.15) is 0 Å². The Labute approximate surface area is 173 Å². The molecule has 5 heteroatoms. The van der Waals surface area contributed by atoms with Crippen LogP contribution in [0.1, 0.15) is 79.6 Å². The molecule has 160 valence electrons.